The molecule has 3 rings (SSSR count). The van der Waals surface area contributed by atoms with Crippen molar-refractivity contribution in [1.82, 2.24) is 15.1 Å². The first-order valence-electron chi connectivity index (χ1n) is 7.04. The van der Waals surface area contributed by atoms with Gasteiger partial charge in [-0.15, -0.1) is 11.3 Å². The number of rotatable bonds is 4. The molecule has 0 bridgehead atoms. The molecule has 0 saturated carbocycles. The number of benzene rings is 1. The van der Waals surface area contributed by atoms with Crippen LogP contribution < -0.4 is 0 Å². The summed E-state index contributed by atoms with van der Waals surface area (Å²) in [6, 6.07) is 5.76. The van der Waals surface area contributed by atoms with E-state index < -0.39 is 17.0 Å². The second-order valence-corrected chi connectivity index (χ2v) is 6.60. The van der Waals surface area contributed by atoms with E-state index in [9.17, 15) is 8.78 Å². The third kappa shape index (κ3) is 3.03. The van der Waals surface area contributed by atoms with Crippen LogP contribution in [-0.2, 0) is 11.8 Å². The zero-order valence-electron chi connectivity index (χ0n) is 12.9. The quantitative estimate of drug-likeness (QED) is 0.717. The Labute approximate surface area is 140 Å². The lowest BCUT2D eigenvalue weighted by atomic mass is 9.96. The van der Waals surface area contributed by atoms with Gasteiger partial charge in [-0.05, 0) is 26.0 Å². The lowest BCUT2D eigenvalue weighted by molar-refractivity contribution is 0.337. The smallest absolute Gasteiger partial charge is 0.246 e. The number of halogens is 2. The van der Waals surface area contributed by atoms with E-state index in [1.54, 1.807) is 19.2 Å². The Bertz CT molecular complexity index is 906. The third-order valence-electron chi connectivity index (χ3n) is 3.36. The Balaban J connectivity index is 1.84. The maximum absolute atomic E-state index is 13.8. The minimum Gasteiger partial charge on any atom is -0.338 e. The van der Waals surface area contributed by atoms with Gasteiger partial charge in [-0.25, -0.2) is 13.8 Å². The second kappa shape index (κ2) is 6.09. The van der Waals surface area contributed by atoms with Gasteiger partial charge in [-0.1, -0.05) is 11.2 Å². The van der Waals surface area contributed by atoms with Crippen molar-refractivity contribution in [3.63, 3.8) is 0 Å². The van der Waals surface area contributed by atoms with Gasteiger partial charge in [-0.3, -0.25) is 0 Å². The lowest BCUT2D eigenvalue weighted by Crippen LogP contribution is -2.14. The maximum atomic E-state index is 13.8. The largest absolute Gasteiger partial charge is 0.338 e. The second-order valence-electron chi connectivity index (χ2n) is 5.65. The fraction of sp³-hybridized carbons (Fsp3) is 0.250. The maximum Gasteiger partial charge on any atom is 0.246 e. The average Bonchev–Trinajstić information content (AvgIpc) is 3.18. The fourth-order valence-corrected chi connectivity index (χ4v) is 2.79. The van der Waals surface area contributed by atoms with Gasteiger partial charge >= 0.3 is 0 Å². The summed E-state index contributed by atoms with van der Waals surface area (Å²) in [7, 11) is 0. The first-order valence-corrected chi connectivity index (χ1v) is 7.92. The normalized spacial score (nSPS) is 11.5. The van der Waals surface area contributed by atoms with Crippen LogP contribution in [0.5, 0.6) is 0 Å². The number of aromatic nitrogens is 3. The summed E-state index contributed by atoms with van der Waals surface area (Å²) in [6.45, 7) is 3.35. The highest BCUT2D eigenvalue weighted by atomic mass is 32.1. The van der Waals surface area contributed by atoms with E-state index >= 15 is 0 Å². The molecular weight excluding hydrogens is 334 g/mol. The van der Waals surface area contributed by atoms with Crippen LogP contribution in [0.4, 0.5) is 8.78 Å². The molecular formula is C16H12F2N4OS. The van der Waals surface area contributed by atoms with Gasteiger partial charge in [0.2, 0.25) is 5.89 Å². The lowest BCUT2D eigenvalue weighted by Gasteiger charge is -2.06. The van der Waals surface area contributed by atoms with Crippen LogP contribution in [0.1, 0.15) is 30.6 Å². The first-order chi connectivity index (χ1) is 11.4. The molecule has 0 radical (unpaired) electrons. The van der Waals surface area contributed by atoms with Crippen molar-refractivity contribution >= 4 is 11.3 Å². The molecule has 24 heavy (non-hydrogen) atoms. The molecule has 0 fully saturated rings. The number of nitriles is 1. The third-order valence-corrected chi connectivity index (χ3v) is 4.21. The zero-order valence-corrected chi connectivity index (χ0v) is 13.7. The molecule has 0 atom stereocenters. The van der Waals surface area contributed by atoms with Crippen molar-refractivity contribution < 1.29 is 13.3 Å². The van der Waals surface area contributed by atoms with Crippen molar-refractivity contribution in [2.24, 2.45) is 0 Å². The number of nitrogens with zero attached hydrogens (tertiary/aromatic N) is 4. The summed E-state index contributed by atoms with van der Waals surface area (Å²) in [5, 5.41) is 15.1. The van der Waals surface area contributed by atoms with Crippen molar-refractivity contribution in [1.29, 1.82) is 5.26 Å². The topological polar surface area (TPSA) is 75.6 Å². The minimum atomic E-state index is -0.879. The molecule has 0 N–H and O–H groups in total. The van der Waals surface area contributed by atoms with E-state index in [0.717, 1.165) is 0 Å². The zero-order chi connectivity index (χ0) is 17.3. The van der Waals surface area contributed by atoms with Crippen LogP contribution in [0.15, 0.2) is 28.1 Å². The molecule has 8 heteroatoms. The van der Waals surface area contributed by atoms with Crippen LogP contribution in [0.3, 0.4) is 0 Å². The molecule has 0 aliphatic carbocycles. The van der Waals surface area contributed by atoms with E-state index in [-0.39, 0.29) is 23.6 Å². The first kappa shape index (κ1) is 16.2. The van der Waals surface area contributed by atoms with Gasteiger partial charge < -0.3 is 4.52 Å². The van der Waals surface area contributed by atoms with E-state index in [0.29, 0.717) is 10.8 Å². The molecule has 0 spiro atoms. The van der Waals surface area contributed by atoms with Crippen LogP contribution in [0, 0.1) is 23.0 Å². The predicted molar refractivity (Wildman–Crippen MR) is 83.2 cm³/mol. The predicted octanol–water partition coefficient (Wildman–Crippen LogP) is 3.86. The van der Waals surface area contributed by atoms with Crippen LogP contribution in [-0.4, -0.2) is 15.1 Å². The van der Waals surface area contributed by atoms with E-state index in [1.807, 2.05) is 0 Å². The summed E-state index contributed by atoms with van der Waals surface area (Å²) in [6.07, 6.45) is 0.256. The highest BCUT2D eigenvalue weighted by Gasteiger charge is 2.27. The molecule has 3 aromatic rings. The fourth-order valence-electron chi connectivity index (χ4n) is 2.01. The average molecular weight is 346 g/mol. The molecule has 0 amide bonds. The van der Waals surface area contributed by atoms with Gasteiger partial charge in [0.25, 0.3) is 0 Å². The summed E-state index contributed by atoms with van der Waals surface area (Å²) < 4.78 is 32.7. The molecule has 0 aliphatic rings. The van der Waals surface area contributed by atoms with Gasteiger partial charge in [0, 0.05) is 5.38 Å². The number of hydrogen-bond donors (Lipinski definition) is 0. The summed E-state index contributed by atoms with van der Waals surface area (Å²) in [5.41, 5.74) is -0.804. The van der Waals surface area contributed by atoms with Crippen molar-refractivity contribution in [3.05, 3.63) is 51.9 Å². The molecule has 5 nitrogen and oxygen atoms in total. The van der Waals surface area contributed by atoms with Gasteiger partial charge in [0.1, 0.15) is 22.1 Å². The van der Waals surface area contributed by atoms with E-state index in [1.165, 1.54) is 29.5 Å². The number of thiazole rings is 1. The van der Waals surface area contributed by atoms with Crippen LogP contribution >= 0.6 is 11.3 Å². The highest BCUT2D eigenvalue weighted by Crippen LogP contribution is 2.28. The van der Waals surface area contributed by atoms with Gasteiger partial charge in [0.05, 0.1) is 23.7 Å². The standard InChI is InChI=1S/C16H12F2N4OS/c1-16(2,8-19)15-21-12(22-23-15)6-13-20-11(7-24-13)14-9(17)4-3-5-10(14)18/h3-5,7H,6H2,1-2H3. The Morgan fingerprint density at radius 2 is 1.96 bits per heavy atom. The molecule has 0 unspecified atom stereocenters. The Morgan fingerprint density at radius 1 is 1.25 bits per heavy atom. The number of hydrogen-bond acceptors (Lipinski definition) is 6. The van der Waals surface area contributed by atoms with Crippen LogP contribution in [0.25, 0.3) is 11.3 Å². The van der Waals surface area contributed by atoms with E-state index in [4.69, 9.17) is 9.78 Å². The van der Waals surface area contributed by atoms with Gasteiger partial charge in [-0.2, -0.15) is 10.2 Å². The summed E-state index contributed by atoms with van der Waals surface area (Å²) >= 11 is 1.25. The summed E-state index contributed by atoms with van der Waals surface area (Å²) in [4.78, 5) is 8.42. The molecule has 2 aromatic heterocycles. The molecule has 0 aliphatic heterocycles. The summed E-state index contributed by atoms with van der Waals surface area (Å²) in [5.74, 6) is -0.742. The Kier molecular flexibility index (Phi) is 4.11. The van der Waals surface area contributed by atoms with Crippen molar-refractivity contribution in [2.45, 2.75) is 25.7 Å². The SMILES string of the molecule is CC(C)(C#N)c1nc(Cc2nc(-c3c(F)cccc3F)cs2)no1. The van der Waals surface area contributed by atoms with Gasteiger partial charge in [0.15, 0.2) is 5.82 Å². The molecule has 1 aromatic carbocycles. The molecule has 0 saturated heterocycles. The monoisotopic (exact) mass is 346 g/mol. The molecule has 122 valence electrons. The minimum absolute atomic E-state index is 0.153. The molecule has 2 heterocycles. The Hall–Kier alpha value is -2.66. The Morgan fingerprint density at radius 3 is 2.62 bits per heavy atom. The van der Waals surface area contributed by atoms with Crippen molar-refractivity contribution in [2.75, 3.05) is 0 Å². The van der Waals surface area contributed by atoms with E-state index in [2.05, 4.69) is 21.2 Å². The van der Waals surface area contributed by atoms with Crippen molar-refractivity contribution in [3.8, 4) is 17.3 Å². The van der Waals surface area contributed by atoms with Crippen LogP contribution in [0.2, 0.25) is 0 Å². The highest BCUT2D eigenvalue weighted by molar-refractivity contribution is 7.10.